The molecule has 6 aromatic rings. The van der Waals surface area contributed by atoms with E-state index in [1.165, 1.54) is 16.6 Å². The molecular formula is C42H47Cl2N5O3. The van der Waals surface area contributed by atoms with Crippen molar-refractivity contribution in [3.63, 3.8) is 0 Å². The molecule has 0 bridgehead atoms. The second-order valence-corrected chi connectivity index (χ2v) is 15.0. The Hall–Kier alpha value is -4.53. The van der Waals surface area contributed by atoms with Crippen LogP contribution in [0.2, 0.25) is 10.0 Å². The number of hydrogen-bond acceptors (Lipinski definition) is 5. The van der Waals surface area contributed by atoms with Crippen molar-refractivity contribution in [3.8, 4) is 11.4 Å². The molecule has 0 radical (unpaired) electrons. The molecule has 52 heavy (non-hydrogen) atoms. The Labute approximate surface area is 315 Å². The van der Waals surface area contributed by atoms with Crippen LogP contribution in [0.1, 0.15) is 64.5 Å². The van der Waals surface area contributed by atoms with Crippen LogP contribution in [0.25, 0.3) is 33.4 Å². The van der Waals surface area contributed by atoms with E-state index < -0.39 is 0 Å². The van der Waals surface area contributed by atoms with Crippen LogP contribution in [-0.2, 0) is 9.53 Å². The number of carbonyl (C=O) groups excluding carboxylic acids is 1. The van der Waals surface area contributed by atoms with Crippen molar-refractivity contribution in [1.82, 2.24) is 19.1 Å². The van der Waals surface area contributed by atoms with E-state index in [0.717, 1.165) is 103 Å². The zero-order valence-corrected chi connectivity index (χ0v) is 33.0. The third-order valence-corrected chi connectivity index (χ3v) is 10.4. The average molecular weight is 741 g/mol. The van der Waals surface area contributed by atoms with Gasteiger partial charge in [0.1, 0.15) is 11.3 Å². The van der Waals surface area contributed by atoms with Crippen molar-refractivity contribution in [2.75, 3.05) is 24.6 Å². The number of rotatable bonds is 5. The van der Waals surface area contributed by atoms with Crippen LogP contribution >= 0.6 is 23.2 Å². The summed E-state index contributed by atoms with van der Waals surface area (Å²) in [6, 6.07) is 11.7. The zero-order chi connectivity index (χ0) is 37.6. The number of benzene rings is 2. The number of aromatic nitrogens is 4. The molecule has 0 saturated carbocycles. The number of esters is 1. The van der Waals surface area contributed by atoms with Crippen LogP contribution in [-0.4, -0.2) is 44.8 Å². The summed E-state index contributed by atoms with van der Waals surface area (Å²) in [5.41, 5.74) is 13.7. The van der Waals surface area contributed by atoms with Crippen LogP contribution in [0.15, 0.2) is 53.6 Å². The summed E-state index contributed by atoms with van der Waals surface area (Å²) in [6.45, 7) is 20.3. The van der Waals surface area contributed by atoms with Gasteiger partial charge in [-0.25, -0.2) is 4.98 Å². The molecule has 2 aromatic carbocycles. The molecule has 272 valence electrons. The first-order valence-electron chi connectivity index (χ1n) is 17.8. The smallest absolute Gasteiger partial charge is 0.309 e. The molecule has 0 atom stereocenters. The number of aryl methyl sites for hydroxylation is 8. The Bertz CT molecular complexity index is 2350. The normalized spacial score (nSPS) is 13.5. The Balaban J connectivity index is 0.000000192. The first kappa shape index (κ1) is 37.2. The highest BCUT2D eigenvalue weighted by Crippen LogP contribution is 2.37. The standard InChI is InChI=1S/C25H30ClN3O2.C17H17ClN2O/c1-6-31-25(30)19-7-9-28(10-8-19)21-13-18(5)27-24-22(21)17(4)14-29(24)23-15(2)11-20(26)12-16(23)3;1-9-5-13(18)6-10(2)16(9)20-8-11(3)15-14(21)7-12(4)19-17(15)20/h11-14,19H,6-10H2,1-5H3;5-8H,1-4H3,(H,19,21). The van der Waals surface area contributed by atoms with Gasteiger partial charge in [0, 0.05) is 64.1 Å². The molecule has 0 aliphatic carbocycles. The van der Waals surface area contributed by atoms with Gasteiger partial charge in [0.25, 0.3) is 0 Å². The van der Waals surface area contributed by atoms with Crippen molar-refractivity contribution >= 4 is 56.9 Å². The number of piperidine rings is 1. The number of carbonyl (C=O) groups is 1. The molecule has 0 unspecified atom stereocenters. The summed E-state index contributed by atoms with van der Waals surface area (Å²) in [5.74, 6) is -0.0612. The van der Waals surface area contributed by atoms with Gasteiger partial charge >= 0.3 is 5.97 Å². The van der Waals surface area contributed by atoms with E-state index in [4.69, 9.17) is 32.9 Å². The predicted octanol–water partition coefficient (Wildman–Crippen LogP) is 9.90. The molecule has 1 aliphatic heterocycles. The Morgan fingerprint density at radius 2 is 1.29 bits per heavy atom. The SMILES string of the molecule is CCOC(=O)C1CCN(c2cc(C)nc3c2c(C)cn3-c2c(C)cc(Cl)cc2C)CC1.Cc1cc(=O)c2c(C)cn(-c3c(C)cc(Cl)cc3C)c2[nH]1. The van der Waals surface area contributed by atoms with Crippen LogP contribution in [0, 0.1) is 61.3 Å². The zero-order valence-electron chi connectivity index (χ0n) is 31.5. The van der Waals surface area contributed by atoms with E-state index in [-0.39, 0.29) is 17.3 Å². The number of anilines is 1. The monoisotopic (exact) mass is 739 g/mol. The Kier molecular flexibility index (Phi) is 10.6. The van der Waals surface area contributed by atoms with Gasteiger partial charge in [-0.05, 0) is 139 Å². The third kappa shape index (κ3) is 7.11. The topological polar surface area (TPSA) is 85.2 Å². The first-order valence-corrected chi connectivity index (χ1v) is 18.6. The molecule has 1 saturated heterocycles. The van der Waals surface area contributed by atoms with Gasteiger partial charge in [-0.15, -0.1) is 0 Å². The molecule has 1 N–H and O–H groups in total. The Morgan fingerprint density at radius 3 is 1.85 bits per heavy atom. The quantitative estimate of drug-likeness (QED) is 0.178. The lowest BCUT2D eigenvalue weighted by molar-refractivity contribution is -0.148. The fourth-order valence-electron chi connectivity index (χ4n) is 7.85. The second-order valence-electron chi connectivity index (χ2n) is 14.2. The summed E-state index contributed by atoms with van der Waals surface area (Å²) in [5, 5.41) is 3.40. The number of fused-ring (bicyclic) bond motifs is 2. The summed E-state index contributed by atoms with van der Waals surface area (Å²) < 4.78 is 9.49. The van der Waals surface area contributed by atoms with Gasteiger partial charge in [0.2, 0.25) is 0 Å². The van der Waals surface area contributed by atoms with Crippen LogP contribution in [0.4, 0.5) is 5.69 Å². The molecule has 0 spiro atoms. The molecule has 7 rings (SSSR count). The van der Waals surface area contributed by atoms with Crippen molar-refractivity contribution in [3.05, 3.63) is 114 Å². The maximum atomic E-state index is 12.2. The van der Waals surface area contributed by atoms with Crippen molar-refractivity contribution in [2.45, 2.75) is 75.2 Å². The number of nitrogens with zero attached hydrogens (tertiary/aromatic N) is 4. The third-order valence-electron chi connectivity index (χ3n) is 10.0. The van der Waals surface area contributed by atoms with E-state index in [1.54, 1.807) is 6.07 Å². The van der Waals surface area contributed by atoms with Gasteiger partial charge < -0.3 is 23.8 Å². The number of pyridine rings is 2. The summed E-state index contributed by atoms with van der Waals surface area (Å²) in [6.07, 6.45) is 5.81. The number of H-pyrrole nitrogens is 1. The van der Waals surface area contributed by atoms with Gasteiger partial charge in [0.05, 0.1) is 29.3 Å². The maximum Gasteiger partial charge on any atom is 0.309 e. The van der Waals surface area contributed by atoms with E-state index in [0.29, 0.717) is 6.61 Å². The molecular weight excluding hydrogens is 693 g/mol. The highest BCUT2D eigenvalue weighted by atomic mass is 35.5. The van der Waals surface area contributed by atoms with Crippen LogP contribution in [0.5, 0.6) is 0 Å². The molecule has 1 aliphatic rings. The number of nitrogens with one attached hydrogen (secondary N) is 1. The van der Waals surface area contributed by atoms with Crippen LogP contribution in [0.3, 0.4) is 0 Å². The molecule has 10 heteroatoms. The van der Waals surface area contributed by atoms with Crippen molar-refractivity contribution < 1.29 is 9.53 Å². The van der Waals surface area contributed by atoms with Gasteiger partial charge in [-0.3, -0.25) is 9.59 Å². The minimum atomic E-state index is -0.0609. The van der Waals surface area contributed by atoms with Crippen molar-refractivity contribution in [1.29, 1.82) is 0 Å². The van der Waals surface area contributed by atoms with Gasteiger partial charge in [0.15, 0.2) is 5.43 Å². The fourth-order valence-corrected chi connectivity index (χ4v) is 8.50. The average Bonchev–Trinajstić information content (AvgIpc) is 3.55. The molecule has 1 fully saturated rings. The van der Waals surface area contributed by atoms with E-state index in [9.17, 15) is 9.59 Å². The highest BCUT2D eigenvalue weighted by molar-refractivity contribution is 6.31. The first-order chi connectivity index (χ1) is 24.7. The number of hydrogen-bond donors (Lipinski definition) is 1. The summed E-state index contributed by atoms with van der Waals surface area (Å²) in [4.78, 5) is 35.0. The number of aromatic amines is 1. The lowest BCUT2D eigenvalue weighted by atomic mass is 9.96. The lowest BCUT2D eigenvalue weighted by Crippen LogP contribution is -2.37. The van der Waals surface area contributed by atoms with Gasteiger partial charge in [-0.2, -0.15) is 0 Å². The number of halogens is 2. The number of ether oxygens (including phenoxy) is 1. The summed E-state index contributed by atoms with van der Waals surface area (Å²) in [7, 11) is 0. The largest absolute Gasteiger partial charge is 0.466 e. The van der Waals surface area contributed by atoms with E-state index in [2.05, 4.69) is 52.1 Å². The predicted molar refractivity (Wildman–Crippen MR) is 214 cm³/mol. The maximum absolute atomic E-state index is 12.2. The van der Waals surface area contributed by atoms with E-state index >= 15 is 0 Å². The van der Waals surface area contributed by atoms with E-state index in [1.807, 2.05) is 72.0 Å². The van der Waals surface area contributed by atoms with Crippen LogP contribution < -0.4 is 10.3 Å². The minimum absolute atomic E-state index is 0.000290. The molecule has 5 heterocycles. The highest BCUT2D eigenvalue weighted by Gasteiger charge is 2.28. The van der Waals surface area contributed by atoms with Gasteiger partial charge in [-0.1, -0.05) is 23.2 Å². The molecule has 4 aromatic heterocycles. The van der Waals surface area contributed by atoms with Crippen molar-refractivity contribution in [2.24, 2.45) is 5.92 Å². The molecule has 0 amide bonds. The molecule has 8 nitrogen and oxygen atoms in total. The minimum Gasteiger partial charge on any atom is -0.466 e. The fraction of sp³-hybridized carbons (Fsp3) is 0.357. The summed E-state index contributed by atoms with van der Waals surface area (Å²) >= 11 is 12.4. The lowest BCUT2D eigenvalue weighted by Gasteiger charge is -2.33. The Morgan fingerprint density at radius 1 is 0.769 bits per heavy atom. The second kappa shape index (κ2) is 14.8.